The van der Waals surface area contributed by atoms with Gasteiger partial charge < -0.3 is 9.88 Å². The summed E-state index contributed by atoms with van der Waals surface area (Å²) < 4.78 is 1.86. The third-order valence-corrected chi connectivity index (χ3v) is 4.05. The van der Waals surface area contributed by atoms with E-state index in [1.54, 1.807) is 0 Å². The van der Waals surface area contributed by atoms with Gasteiger partial charge in [0.2, 0.25) is 5.91 Å². The van der Waals surface area contributed by atoms with Gasteiger partial charge in [0.05, 0.1) is 22.4 Å². The van der Waals surface area contributed by atoms with Gasteiger partial charge >= 0.3 is 0 Å². The molecular formula is C17H16N6O3S. The molecule has 2 aromatic carbocycles. The number of non-ortho nitro benzene ring substituents is 1. The van der Waals surface area contributed by atoms with Gasteiger partial charge in [-0.05, 0) is 36.5 Å². The van der Waals surface area contributed by atoms with Crippen molar-refractivity contribution in [3.8, 4) is 0 Å². The zero-order valence-electron chi connectivity index (χ0n) is 14.3. The van der Waals surface area contributed by atoms with E-state index < -0.39 is 4.92 Å². The molecule has 1 heterocycles. The van der Waals surface area contributed by atoms with Crippen molar-refractivity contribution >= 4 is 45.6 Å². The molecule has 3 rings (SSSR count). The molecule has 0 spiro atoms. The minimum atomic E-state index is -0.485. The third-order valence-electron chi connectivity index (χ3n) is 3.85. The van der Waals surface area contributed by atoms with Crippen LogP contribution >= 0.6 is 12.2 Å². The summed E-state index contributed by atoms with van der Waals surface area (Å²) in [4.78, 5) is 26.7. The Bertz CT molecular complexity index is 1020. The van der Waals surface area contributed by atoms with Gasteiger partial charge in [-0.1, -0.05) is 12.1 Å². The van der Waals surface area contributed by atoms with E-state index >= 15 is 0 Å². The Morgan fingerprint density at radius 1 is 1.19 bits per heavy atom. The first kappa shape index (κ1) is 18.3. The van der Waals surface area contributed by atoms with E-state index in [2.05, 4.69) is 21.2 Å². The Morgan fingerprint density at radius 3 is 2.56 bits per heavy atom. The molecule has 0 atom stereocenters. The molecular weight excluding hydrogens is 368 g/mol. The van der Waals surface area contributed by atoms with Crippen LogP contribution in [0.4, 0.5) is 11.4 Å². The molecule has 1 aromatic heterocycles. The first-order valence-corrected chi connectivity index (χ1v) is 8.35. The summed E-state index contributed by atoms with van der Waals surface area (Å²) in [6.07, 6.45) is 0.0817. The van der Waals surface area contributed by atoms with Crippen molar-refractivity contribution in [1.29, 1.82) is 0 Å². The van der Waals surface area contributed by atoms with E-state index in [1.807, 2.05) is 35.9 Å². The van der Waals surface area contributed by atoms with Crippen LogP contribution in [0.25, 0.3) is 11.0 Å². The number of hydrogen-bond donors (Lipinski definition) is 3. The fourth-order valence-corrected chi connectivity index (χ4v) is 2.67. The summed E-state index contributed by atoms with van der Waals surface area (Å²) in [6.45, 7) is 0. The number of thiocarbonyl (C=S) groups is 1. The number of fused-ring (bicyclic) bond motifs is 1. The van der Waals surface area contributed by atoms with Gasteiger partial charge in [-0.25, -0.2) is 4.98 Å². The smallest absolute Gasteiger partial charge is 0.269 e. The van der Waals surface area contributed by atoms with Gasteiger partial charge in [0.25, 0.3) is 5.69 Å². The maximum atomic E-state index is 12.1. The quantitative estimate of drug-likeness (QED) is 0.358. The Morgan fingerprint density at radius 2 is 1.89 bits per heavy atom. The molecule has 0 saturated carbocycles. The molecule has 138 valence electrons. The summed E-state index contributed by atoms with van der Waals surface area (Å²) in [5.41, 5.74) is 7.40. The van der Waals surface area contributed by atoms with Crippen molar-refractivity contribution in [2.24, 2.45) is 7.05 Å². The number of benzene rings is 2. The van der Waals surface area contributed by atoms with Crippen LogP contribution in [0.3, 0.4) is 0 Å². The molecule has 0 aliphatic carbocycles. The molecule has 27 heavy (non-hydrogen) atoms. The van der Waals surface area contributed by atoms with Gasteiger partial charge in [-0.15, -0.1) is 0 Å². The predicted molar refractivity (Wildman–Crippen MR) is 105 cm³/mol. The molecule has 0 radical (unpaired) electrons. The standard InChI is InChI=1S/C17H16N6O3S/c1-22-14-5-3-2-4-13(14)19-15(22)10-16(24)20-21-17(27)18-11-6-8-12(9-7-11)23(25)26/h2-9H,10H2,1H3,(H,20,24)(H2,18,21,27). The van der Waals surface area contributed by atoms with Crippen molar-refractivity contribution in [2.75, 3.05) is 5.32 Å². The molecule has 0 aliphatic rings. The van der Waals surface area contributed by atoms with E-state index in [9.17, 15) is 14.9 Å². The second-order valence-electron chi connectivity index (χ2n) is 5.68. The fraction of sp³-hybridized carbons (Fsp3) is 0.118. The Labute approximate surface area is 159 Å². The number of anilines is 1. The SMILES string of the molecule is Cn1c(CC(=O)NNC(=S)Nc2ccc([N+](=O)[O-])cc2)nc2ccccc21. The summed E-state index contributed by atoms with van der Waals surface area (Å²) in [6, 6.07) is 13.4. The van der Waals surface area contributed by atoms with E-state index in [1.165, 1.54) is 24.3 Å². The number of nitrogens with zero attached hydrogens (tertiary/aromatic N) is 3. The summed E-state index contributed by atoms with van der Waals surface area (Å²) in [7, 11) is 1.85. The number of imidazole rings is 1. The fourth-order valence-electron chi connectivity index (χ4n) is 2.50. The number of aromatic nitrogens is 2. The minimum absolute atomic E-state index is 0.0183. The molecule has 1 amide bonds. The van der Waals surface area contributed by atoms with E-state index in [4.69, 9.17) is 12.2 Å². The van der Waals surface area contributed by atoms with Crippen LogP contribution in [-0.2, 0) is 18.3 Å². The van der Waals surface area contributed by atoms with Crippen molar-refractivity contribution in [2.45, 2.75) is 6.42 Å². The molecule has 3 N–H and O–H groups in total. The van der Waals surface area contributed by atoms with Gasteiger partial charge in [0.15, 0.2) is 5.11 Å². The monoisotopic (exact) mass is 384 g/mol. The topological polar surface area (TPSA) is 114 Å². The van der Waals surface area contributed by atoms with E-state index in [0.717, 1.165) is 11.0 Å². The molecule has 9 nitrogen and oxygen atoms in total. The summed E-state index contributed by atoms with van der Waals surface area (Å²) in [5, 5.41) is 13.6. The lowest BCUT2D eigenvalue weighted by Gasteiger charge is -2.11. The largest absolute Gasteiger partial charge is 0.331 e. The number of nitro groups is 1. The summed E-state index contributed by atoms with van der Waals surface area (Å²) in [5.74, 6) is 0.325. The number of carbonyl (C=O) groups excluding carboxylic acids is 1. The molecule has 0 fully saturated rings. The van der Waals surface area contributed by atoms with Crippen LogP contribution in [-0.4, -0.2) is 25.5 Å². The van der Waals surface area contributed by atoms with Crippen molar-refractivity contribution in [3.05, 3.63) is 64.5 Å². The highest BCUT2D eigenvalue weighted by atomic mass is 32.1. The number of nitrogens with one attached hydrogen (secondary N) is 3. The normalized spacial score (nSPS) is 10.4. The number of aryl methyl sites for hydroxylation is 1. The third kappa shape index (κ3) is 4.36. The molecule has 10 heteroatoms. The number of carbonyl (C=O) groups is 1. The predicted octanol–water partition coefficient (Wildman–Crippen LogP) is 2.04. The van der Waals surface area contributed by atoms with Crippen LogP contribution in [0.5, 0.6) is 0 Å². The minimum Gasteiger partial charge on any atom is -0.331 e. The Hall–Kier alpha value is -3.53. The number of para-hydroxylation sites is 2. The van der Waals surface area contributed by atoms with Crippen molar-refractivity contribution < 1.29 is 9.72 Å². The van der Waals surface area contributed by atoms with Gasteiger partial charge in [-0.3, -0.25) is 25.8 Å². The Kier molecular flexibility index (Phi) is 5.27. The number of amides is 1. The zero-order chi connectivity index (χ0) is 19.4. The maximum absolute atomic E-state index is 12.1. The highest BCUT2D eigenvalue weighted by molar-refractivity contribution is 7.80. The summed E-state index contributed by atoms with van der Waals surface area (Å²) >= 11 is 5.09. The van der Waals surface area contributed by atoms with Gasteiger partial charge in [-0.2, -0.15) is 0 Å². The molecule has 0 aliphatic heterocycles. The van der Waals surface area contributed by atoms with Crippen LogP contribution in [0.15, 0.2) is 48.5 Å². The number of nitro benzene ring substituents is 1. The van der Waals surface area contributed by atoms with Crippen molar-refractivity contribution in [1.82, 2.24) is 20.4 Å². The first-order valence-electron chi connectivity index (χ1n) is 7.94. The van der Waals surface area contributed by atoms with Crippen LogP contribution in [0.1, 0.15) is 5.82 Å². The van der Waals surface area contributed by atoms with E-state index in [-0.39, 0.29) is 23.1 Å². The highest BCUT2D eigenvalue weighted by Crippen LogP contribution is 2.15. The first-order chi connectivity index (χ1) is 12.9. The van der Waals surface area contributed by atoms with Crippen molar-refractivity contribution in [3.63, 3.8) is 0 Å². The molecule has 0 bridgehead atoms. The lowest BCUT2D eigenvalue weighted by molar-refractivity contribution is -0.384. The lowest BCUT2D eigenvalue weighted by atomic mass is 10.3. The number of hydrogen-bond acceptors (Lipinski definition) is 5. The lowest BCUT2D eigenvalue weighted by Crippen LogP contribution is -2.44. The Balaban J connectivity index is 1.53. The van der Waals surface area contributed by atoms with Gasteiger partial charge in [0, 0.05) is 24.9 Å². The average molecular weight is 384 g/mol. The van der Waals surface area contributed by atoms with Crippen LogP contribution in [0.2, 0.25) is 0 Å². The van der Waals surface area contributed by atoms with Gasteiger partial charge in [0.1, 0.15) is 5.82 Å². The molecule has 0 unspecified atom stereocenters. The zero-order valence-corrected chi connectivity index (χ0v) is 15.1. The van der Waals surface area contributed by atoms with Crippen LogP contribution in [0, 0.1) is 10.1 Å². The second kappa shape index (κ2) is 7.79. The van der Waals surface area contributed by atoms with Crippen LogP contribution < -0.4 is 16.2 Å². The second-order valence-corrected chi connectivity index (χ2v) is 6.09. The number of rotatable bonds is 4. The van der Waals surface area contributed by atoms with E-state index in [0.29, 0.717) is 11.5 Å². The average Bonchev–Trinajstić information content (AvgIpc) is 2.96. The maximum Gasteiger partial charge on any atom is 0.269 e. The highest BCUT2D eigenvalue weighted by Gasteiger charge is 2.12. The molecule has 0 saturated heterocycles. The molecule has 3 aromatic rings. The number of hydrazine groups is 1.